The Morgan fingerprint density at radius 1 is 1.00 bits per heavy atom. The predicted molar refractivity (Wildman–Crippen MR) is 161 cm³/mol. The SMILES string of the molecule is COc1nc(-c2cccc(-c3cccc(B4OC(C)(C)C(C)(C)O4)c3Cl)c2Cl)cnc1CN1CC2(CCC(=O)N2)C1. The number of rotatable bonds is 6. The highest BCUT2D eigenvalue weighted by Gasteiger charge is 2.52. The number of benzene rings is 2. The van der Waals surface area contributed by atoms with Gasteiger partial charge in [-0.3, -0.25) is 14.7 Å². The van der Waals surface area contributed by atoms with E-state index in [9.17, 15) is 4.79 Å². The zero-order chi connectivity index (χ0) is 29.2. The van der Waals surface area contributed by atoms with E-state index < -0.39 is 18.3 Å². The second-order valence-corrected chi connectivity index (χ2v) is 12.9. The highest BCUT2D eigenvalue weighted by atomic mass is 35.5. The number of hydrogen-bond acceptors (Lipinski definition) is 7. The Morgan fingerprint density at radius 3 is 2.27 bits per heavy atom. The van der Waals surface area contributed by atoms with Gasteiger partial charge in [0.15, 0.2) is 0 Å². The van der Waals surface area contributed by atoms with Crippen LogP contribution in [0.1, 0.15) is 46.2 Å². The molecule has 0 unspecified atom stereocenters. The lowest BCUT2D eigenvalue weighted by Crippen LogP contribution is -2.66. The fourth-order valence-electron chi connectivity index (χ4n) is 5.79. The van der Waals surface area contributed by atoms with Crippen molar-refractivity contribution in [3.63, 3.8) is 0 Å². The van der Waals surface area contributed by atoms with Crippen molar-refractivity contribution < 1.29 is 18.8 Å². The summed E-state index contributed by atoms with van der Waals surface area (Å²) in [5.74, 6) is 0.577. The Labute approximate surface area is 250 Å². The van der Waals surface area contributed by atoms with Crippen LogP contribution in [0.15, 0.2) is 42.6 Å². The molecule has 8 nitrogen and oxygen atoms in total. The number of nitrogens with zero attached hydrogens (tertiary/aromatic N) is 3. The highest BCUT2D eigenvalue weighted by molar-refractivity contribution is 6.66. The van der Waals surface area contributed by atoms with Gasteiger partial charge in [-0.25, -0.2) is 4.98 Å². The van der Waals surface area contributed by atoms with Crippen molar-refractivity contribution in [3.05, 3.63) is 58.3 Å². The zero-order valence-corrected chi connectivity index (χ0v) is 25.4. The van der Waals surface area contributed by atoms with E-state index in [0.29, 0.717) is 34.6 Å². The highest BCUT2D eigenvalue weighted by Crippen LogP contribution is 2.41. The average Bonchev–Trinajstić information content (AvgIpc) is 3.39. The molecule has 6 rings (SSSR count). The molecular formula is C30H33BCl2N4O4. The number of methoxy groups -OCH3 is 1. The fourth-order valence-corrected chi connectivity index (χ4v) is 6.43. The Bertz CT molecular complexity index is 1510. The molecule has 0 radical (unpaired) electrons. The number of aromatic nitrogens is 2. The molecule has 3 aromatic rings. The molecular weight excluding hydrogens is 562 g/mol. The van der Waals surface area contributed by atoms with Gasteiger partial charge in [0.05, 0.1) is 40.8 Å². The minimum Gasteiger partial charge on any atom is -0.480 e. The van der Waals surface area contributed by atoms with Crippen LogP contribution in [0.4, 0.5) is 0 Å². The molecule has 0 atom stereocenters. The first-order valence-corrected chi connectivity index (χ1v) is 14.5. The molecule has 0 aliphatic carbocycles. The van der Waals surface area contributed by atoms with Gasteiger partial charge in [0.1, 0.15) is 5.69 Å². The van der Waals surface area contributed by atoms with Crippen LogP contribution in [0.5, 0.6) is 5.88 Å². The van der Waals surface area contributed by atoms with Gasteiger partial charge in [-0.05, 0) is 34.1 Å². The first-order valence-electron chi connectivity index (χ1n) is 13.8. The molecule has 3 saturated heterocycles. The second-order valence-electron chi connectivity index (χ2n) is 12.1. The van der Waals surface area contributed by atoms with Gasteiger partial charge in [-0.2, -0.15) is 0 Å². The largest absolute Gasteiger partial charge is 0.496 e. The number of hydrogen-bond donors (Lipinski definition) is 1. The van der Waals surface area contributed by atoms with Crippen LogP contribution in [0.2, 0.25) is 10.0 Å². The Morgan fingerprint density at radius 2 is 1.63 bits per heavy atom. The Kier molecular flexibility index (Phi) is 7.10. The zero-order valence-electron chi connectivity index (χ0n) is 23.9. The molecule has 3 fully saturated rings. The van der Waals surface area contributed by atoms with E-state index in [2.05, 4.69) is 10.2 Å². The van der Waals surface area contributed by atoms with Crippen LogP contribution in [0, 0.1) is 0 Å². The number of carbonyl (C=O) groups excluding carboxylic acids is 1. The van der Waals surface area contributed by atoms with E-state index in [-0.39, 0.29) is 11.4 Å². The molecule has 0 saturated carbocycles. The molecule has 1 amide bonds. The maximum absolute atomic E-state index is 11.7. The Balaban J connectivity index is 1.26. The van der Waals surface area contributed by atoms with Gasteiger partial charge in [0.2, 0.25) is 11.8 Å². The molecule has 1 aromatic heterocycles. The van der Waals surface area contributed by atoms with Crippen molar-refractivity contribution >= 4 is 41.7 Å². The third-order valence-corrected chi connectivity index (χ3v) is 9.60. The summed E-state index contributed by atoms with van der Waals surface area (Å²) in [6.07, 6.45) is 3.19. The summed E-state index contributed by atoms with van der Waals surface area (Å²) >= 11 is 14.0. The summed E-state index contributed by atoms with van der Waals surface area (Å²) < 4.78 is 18.1. The van der Waals surface area contributed by atoms with E-state index in [4.69, 9.17) is 47.2 Å². The van der Waals surface area contributed by atoms with Crippen molar-refractivity contribution in [3.8, 4) is 28.3 Å². The molecule has 11 heteroatoms. The minimum atomic E-state index is -0.594. The van der Waals surface area contributed by atoms with E-state index in [0.717, 1.165) is 47.4 Å². The van der Waals surface area contributed by atoms with Crippen molar-refractivity contribution in [2.45, 2.75) is 63.8 Å². The summed E-state index contributed by atoms with van der Waals surface area (Å²) in [5.41, 5.74) is 3.28. The van der Waals surface area contributed by atoms with Gasteiger partial charge >= 0.3 is 7.12 Å². The van der Waals surface area contributed by atoms with Gasteiger partial charge in [-0.1, -0.05) is 59.6 Å². The molecule has 1 spiro atoms. The average molecular weight is 595 g/mol. The van der Waals surface area contributed by atoms with E-state index >= 15 is 0 Å². The van der Waals surface area contributed by atoms with Gasteiger partial charge in [0, 0.05) is 53.2 Å². The standard InChI is InChI=1S/C30H33BCl2N4O4/c1-28(2)29(3,4)41-31(40-28)21-11-7-9-19(26(21)33)18-8-6-10-20(25(18)32)22-14-34-23(27(35-22)39-5)15-37-16-30(17-37)13-12-24(38)36-30/h6-11,14H,12-13,15-17H2,1-5H3,(H,36,38). The number of ether oxygens (including phenoxy) is 1. The van der Waals surface area contributed by atoms with Crippen LogP contribution < -0.4 is 15.5 Å². The van der Waals surface area contributed by atoms with Gasteiger partial charge in [-0.15, -0.1) is 0 Å². The molecule has 1 N–H and O–H groups in total. The number of halogens is 2. The maximum Gasteiger partial charge on any atom is 0.496 e. The number of nitrogens with one attached hydrogen (secondary N) is 1. The molecule has 3 aliphatic rings. The fraction of sp³-hybridized carbons (Fsp3) is 0.433. The van der Waals surface area contributed by atoms with Crippen LogP contribution in [-0.4, -0.2) is 64.8 Å². The number of likely N-dealkylation sites (tertiary alicyclic amines) is 1. The third-order valence-electron chi connectivity index (χ3n) is 8.77. The monoisotopic (exact) mass is 594 g/mol. The van der Waals surface area contributed by atoms with E-state index in [1.807, 2.05) is 64.1 Å². The molecule has 41 heavy (non-hydrogen) atoms. The second kappa shape index (κ2) is 10.2. The van der Waals surface area contributed by atoms with E-state index in [1.165, 1.54) is 0 Å². The number of amides is 1. The molecule has 4 heterocycles. The lowest BCUT2D eigenvalue weighted by Gasteiger charge is -2.47. The summed E-state index contributed by atoms with van der Waals surface area (Å²) in [5, 5.41) is 4.14. The first kappa shape index (κ1) is 28.4. The first-order chi connectivity index (χ1) is 19.4. The molecule has 0 bridgehead atoms. The lowest BCUT2D eigenvalue weighted by atomic mass is 9.77. The quantitative estimate of drug-likeness (QED) is 0.407. The summed E-state index contributed by atoms with van der Waals surface area (Å²) in [7, 11) is 0.994. The van der Waals surface area contributed by atoms with Crippen molar-refractivity contribution in [2.75, 3.05) is 20.2 Å². The van der Waals surface area contributed by atoms with Gasteiger partial charge < -0.3 is 19.4 Å². The normalized spacial score (nSPS) is 20.8. The lowest BCUT2D eigenvalue weighted by molar-refractivity contribution is -0.120. The molecule has 3 aliphatic heterocycles. The minimum absolute atomic E-state index is 0.0906. The summed E-state index contributed by atoms with van der Waals surface area (Å²) in [6.45, 7) is 10.2. The predicted octanol–water partition coefficient (Wildman–Crippen LogP) is 4.89. The van der Waals surface area contributed by atoms with Crippen LogP contribution in [0.3, 0.4) is 0 Å². The number of carbonyl (C=O) groups is 1. The smallest absolute Gasteiger partial charge is 0.480 e. The van der Waals surface area contributed by atoms with Gasteiger partial charge in [0.25, 0.3) is 0 Å². The third kappa shape index (κ3) is 5.02. The summed E-state index contributed by atoms with van der Waals surface area (Å²) in [4.78, 5) is 23.4. The van der Waals surface area contributed by atoms with Crippen molar-refractivity contribution in [1.29, 1.82) is 0 Å². The molecule has 214 valence electrons. The van der Waals surface area contributed by atoms with E-state index in [1.54, 1.807) is 13.3 Å². The van der Waals surface area contributed by atoms with Crippen LogP contribution >= 0.6 is 23.2 Å². The van der Waals surface area contributed by atoms with Crippen molar-refractivity contribution in [2.24, 2.45) is 0 Å². The Hall–Kier alpha value is -2.69. The summed E-state index contributed by atoms with van der Waals surface area (Å²) in [6, 6.07) is 11.5. The molecule has 2 aromatic carbocycles. The van der Waals surface area contributed by atoms with Crippen LogP contribution in [0.25, 0.3) is 22.4 Å². The maximum atomic E-state index is 11.7. The van der Waals surface area contributed by atoms with Crippen LogP contribution in [-0.2, 0) is 20.6 Å². The van der Waals surface area contributed by atoms with Crippen molar-refractivity contribution in [1.82, 2.24) is 20.2 Å². The topological polar surface area (TPSA) is 85.8 Å².